The van der Waals surface area contributed by atoms with Crippen LogP contribution in [0.25, 0.3) is 0 Å². The van der Waals surface area contributed by atoms with Gasteiger partial charge in [0.2, 0.25) is 5.78 Å². The summed E-state index contributed by atoms with van der Waals surface area (Å²) < 4.78 is 10.9. The molecule has 6 heteroatoms. The average Bonchev–Trinajstić information content (AvgIpc) is 2.54. The van der Waals surface area contributed by atoms with Crippen LogP contribution in [0.1, 0.15) is 27.6 Å². The maximum atomic E-state index is 12.5. The van der Waals surface area contributed by atoms with Crippen molar-refractivity contribution >= 4 is 5.78 Å². The van der Waals surface area contributed by atoms with Crippen molar-refractivity contribution in [1.29, 1.82) is 0 Å². The monoisotopic (exact) mass is 316 g/mol. The van der Waals surface area contributed by atoms with Gasteiger partial charge in [0.05, 0.1) is 7.11 Å². The van der Waals surface area contributed by atoms with E-state index in [1.54, 1.807) is 19.1 Å². The largest absolute Gasteiger partial charge is 0.508 e. The molecular weight excluding hydrogens is 300 g/mol. The van der Waals surface area contributed by atoms with E-state index in [1.807, 2.05) is 0 Å². The molecule has 2 aromatic rings. The molecule has 0 amide bonds. The zero-order chi connectivity index (χ0) is 16.7. The lowest BCUT2D eigenvalue weighted by Gasteiger charge is -2.31. The second-order valence-electron chi connectivity index (χ2n) is 5.36. The highest BCUT2D eigenvalue weighted by atomic mass is 16.5. The van der Waals surface area contributed by atoms with Crippen molar-refractivity contribution in [2.24, 2.45) is 0 Å². The predicted molar refractivity (Wildman–Crippen MR) is 81.2 cm³/mol. The first-order chi connectivity index (χ1) is 10.9. The number of ketones is 1. The van der Waals surface area contributed by atoms with Gasteiger partial charge in [0, 0.05) is 11.6 Å². The minimum atomic E-state index is -1.45. The maximum Gasteiger partial charge on any atom is 0.202 e. The second kappa shape index (κ2) is 5.48. The number of phenolic OH excluding ortho intramolecular Hbond substituents is 2. The van der Waals surface area contributed by atoms with Crippen molar-refractivity contribution in [3.63, 3.8) is 0 Å². The highest BCUT2D eigenvalue weighted by Gasteiger charge is 2.39. The fourth-order valence-corrected chi connectivity index (χ4v) is 2.66. The highest BCUT2D eigenvalue weighted by molar-refractivity contribution is 6.06. The molecule has 0 spiro atoms. The van der Waals surface area contributed by atoms with E-state index >= 15 is 0 Å². The molecule has 0 fully saturated rings. The van der Waals surface area contributed by atoms with E-state index in [0.717, 1.165) is 0 Å². The summed E-state index contributed by atoms with van der Waals surface area (Å²) in [7, 11) is 1.45. The van der Waals surface area contributed by atoms with Crippen LogP contribution in [0.4, 0.5) is 0 Å². The predicted octanol–water partition coefficient (Wildman–Crippen LogP) is 2.09. The standard InChI is InChI=1S/C17H16O6/c1-8-11(22-2)7-12-13(14(8)19)15(20)16(21)17(23-12)9-3-5-10(18)6-4-9/h3-7,16-19,21H,1-2H3/t16-,17+/m1/s1. The molecule has 0 bridgehead atoms. The quantitative estimate of drug-likeness (QED) is 0.785. The number of benzene rings is 2. The zero-order valence-corrected chi connectivity index (χ0v) is 12.6. The Balaban J connectivity index is 2.10. The Labute approximate surface area is 132 Å². The van der Waals surface area contributed by atoms with Crippen molar-refractivity contribution < 1.29 is 29.6 Å². The number of phenols is 2. The van der Waals surface area contributed by atoms with Gasteiger partial charge < -0.3 is 24.8 Å². The number of ether oxygens (including phenoxy) is 2. The van der Waals surface area contributed by atoms with E-state index < -0.39 is 18.0 Å². The van der Waals surface area contributed by atoms with Crippen molar-refractivity contribution in [2.75, 3.05) is 7.11 Å². The van der Waals surface area contributed by atoms with Crippen LogP contribution >= 0.6 is 0 Å². The normalized spacial score (nSPS) is 19.9. The smallest absolute Gasteiger partial charge is 0.202 e. The molecule has 1 heterocycles. The number of aliphatic hydroxyl groups excluding tert-OH is 1. The lowest BCUT2D eigenvalue weighted by molar-refractivity contribution is 0.0210. The molecule has 1 aliphatic heterocycles. The summed E-state index contributed by atoms with van der Waals surface area (Å²) in [6.07, 6.45) is -2.38. The summed E-state index contributed by atoms with van der Waals surface area (Å²) in [4.78, 5) is 12.5. The van der Waals surface area contributed by atoms with E-state index in [0.29, 0.717) is 16.9 Å². The molecule has 0 aliphatic carbocycles. The molecule has 2 atom stereocenters. The number of aliphatic hydroxyl groups is 1. The first-order valence-electron chi connectivity index (χ1n) is 7.02. The Morgan fingerprint density at radius 1 is 1.17 bits per heavy atom. The molecular formula is C17H16O6. The van der Waals surface area contributed by atoms with Gasteiger partial charge >= 0.3 is 0 Å². The Bertz CT molecular complexity index is 766. The fourth-order valence-electron chi connectivity index (χ4n) is 2.66. The van der Waals surface area contributed by atoms with Gasteiger partial charge in [0.15, 0.2) is 12.2 Å². The molecule has 3 rings (SSSR count). The van der Waals surface area contributed by atoms with Crippen molar-refractivity contribution in [3.8, 4) is 23.0 Å². The minimum absolute atomic E-state index is 0.0502. The number of rotatable bonds is 2. The molecule has 0 saturated carbocycles. The molecule has 0 aromatic heterocycles. The van der Waals surface area contributed by atoms with Crippen LogP contribution in [0.3, 0.4) is 0 Å². The van der Waals surface area contributed by atoms with E-state index in [4.69, 9.17) is 9.47 Å². The molecule has 3 N–H and O–H groups in total. The third kappa shape index (κ3) is 2.37. The van der Waals surface area contributed by atoms with E-state index in [9.17, 15) is 20.1 Å². The van der Waals surface area contributed by atoms with Crippen LogP contribution in [0, 0.1) is 6.92 Å². The summed E-state index contributed by atoms with van der Waals surface area (Å²) in [5.41, 5.74) is 0.887. The van der Waals surface area contributed by atoms with Crippen molar-refractivity contribution in [2.45, 2.75) is 19.1 Å². The van der Waals surface area contributed by atoms with E-state index in [1.165, 1.54) is 25.3 Å². The molecule has 120 valence electrons. The molecule has 0 radical (unpaired) electrons. The summed E-state index contributed by atoms with van der Waals surface area (Å²) >= 11 is 0. The zero-order valence-electron chi connectivity index (χ0n) is 12.6. The number of methoxy groups -OCH3 is 1. The van der Waals surface area contributed by atoms with Gasteiger partial charge in [-0.25, -0.2) is 0 Å². The Morgan fingerprint density at radius 2 is 1.83 bits per heavy atom. The van der Waals surface area contributed by atoms with Gasteiger partial charge in [-0.05, 0) is 24.6 Å². The highest BCUT2D eigenvalue weighted by Crippen LogP contribution is 2.44. The minimum Gasteiger partial charge on any atom is -0.508 e. The SMILES string of the molecule is COc1cc2c(c(O)c1C)C(=O)[C@@H](O)[C@H](c1ccc(O)cc1)O2. The fraction of sp³-hybridized carbons (Fsp3) is 0.235. The number of carbonyl (C=O) groups excluding carboxylic acids is 1. The van der Waals surface area contributed by atoms with E-state index in [-0.39, 0.29) is 22.8 Å². The Morgan fingerprint density at radius 3 is 2.43 bits per heavy atom. The Hall–Kier alpha value is -2.73. The first-order valence-corrected chi connectivity index (χ1v) is 7.02. The molecule has 0 saturated heterocycles. The van der Waals surface area contributed by atoms with Crippen LogP contribution in [-0.2, 0) is 0 Å². The van der Waals surface area contributed by atoms with Gasteiger partial charge in [-0.1, -0.05) is 12.1 Å². The number of aromatic hydroxyl groups is 2. The topological polar surface area (TPSA) is 96.2 Å². The number of hydrogen-bond acceptors (Lipinski definition) is 6. The van der Waals surface area contributed by atoms with Gasteiger partial charge in [-0.15, -0.1) is 0 Å². The van der Waals surface area contributed by atoms with Gasteiger partial charge in [-0.3, -0.25) is 4.79 Å². The number of carbonyl (C=O) groups is 1. The van der Waals surface area contributed by atoms with Crippen LogP contribution in [0.5, 0.6) is 23.0 Å². The molecule has 6 nitrogen and oxygen atoms in total. The third-order valence-electron chi connectivity index (χ3n) is 3.97. The number of hydrogen-bond donors (Lipinski definition) is 3. The van der Waals surface area contributed by atoms with Gasteiger partial charge in [0.25, 0.3) is 0 Å². The maximum absolute atomic E-state index is 12.5. The first kappa shape index (κ1) is 15.2. The van der Waals surface area contributed by atoms with Gasteiger partial charge in [0.1, 0.15) is 28.6 Å². The molecule has 2 aromatic carbocycles. The summed E-state index contributed by atoms with van der Waals surface area (Å²) in [5.74, 6) is -0.269. The molecule has 23 heavy (non-hydrogen) atoms. The summed E-state index contributed by atoms with van der Waals surface area (Å²) in [5, 5.41) is 29.8. The van der Waals surface area contributed by atoms with Crippen LogP contribution < -0.4 is 9.47 Å². The lowest BCUT2D eigenvalue weighted by atomic mass is 9.91. The summed E-state index contributed by atoms with van der Waals surface area (Å²) in [6.45, 7) is 1.61. The van der Waals surface area contributed by atoms with Crippen molar-refractivity contribution in [1.82, 2.24) is 0 Å². The average molecular weight is 316 g/mol. The van der Waals surface area contributed by atoms with E-state index in [2.05, 4.69) is 0 Å². The molecule has 0 unspecified atom stereocenters. The number of Topliss-reactive ketones (excluding diaryl/α,β-unsaturated/α-hetero) is 1. The molecule has 1 aliphatic rings. The van der Waals surface area contributed by atoms with Gasteiger partial charge in [-0.2, -0.15) is 0 Å². The van der Waals surface area contributed by atoms with Crippen LogP contribution in [0.2, 0.25) is 0 Å². The third-order valence-corrected chi connectivity index (χ3v) is 3.97. The lowest BCUT2D eigenvalue weighted by Crippen LogP contribution is -2.36. The second-order valence-corrected chi connectivity index (χ2v) is 5.36. The Kier molecular flexibility index (Phi) is 3.61. The van der Waals surface area contributed by atoms with Crippen molar-refractivity contribution in [3.05, 3.63) is 47.0 Å². The number of fused-ring (bicyclic) bond motifs is 1. The van der Waals surface area contributed by atoms with Crippen LogP contribution in [-0.4, -0.2) is 34.3 Å². The summed E-state index contributed by atoms with van der Waals surface area (Å²) in [6, 6.07) is 7.53. The van der Waals surface area contributed by atoms with Crippen LogP contribution in [0.15, 0.2) is 30.3 Å².